The van der Waals surface area contributed by atoms with Crippen molar-refractivity contribution in [2.24, 2.45) is 0 Å². The molecule has 88 valence electrons. The topological polar surface area (TPSA) is 42.2 Å². The van der Waals surface area contributed by atoms with Crippen LogP contribution >= 0.6 is 0 Å². The van der Waals surface area contributed by atoms with Crippen LogP contribution in [0.3, 0.4) is 0 Å². The highest BCUT2D eigenvalue weighted by Gasteiger charge is 2.11. The first-order valence-corrected chi connectivity index (χ1v) is 5.56. The van der Waals surface area contributed by atoms with Gasteiger partial charge in [-0.3, -0.25) is 4.79 Å². The van der Waals surface area contributed by atoms with Gasteiger partial charge in [0.25, 0.3) is 5.56 Å². The molecule has 0 bridgehead atoms. The Kier molecular flexibility index (Phi) is 3.00. The normalized spacial score (nSPS) is 12.4. The van der Waals surface area contributed by atoms with E-state index in [-0.39, 0.29) is 17.4 Å². The minimum absolute atomic E-state index is 0.0176. The summed E-state index contributed by atoms with van der Waals surface area (Å²) in [7, 11) is 0. The minimum Gasteiger partial charge on any atom is -0.508 e. The molecule has 0 aliphatic heterocycles. The summed E-state index contributed by atoms with van der Waals surface area (Å²) in [6.45, 7) is 3.79. The van der Waals surface area contributed by atoms with Crippen LogP contribution in [-0.2, 0) is 0 Å². The average Bonchev–Trinajstić information content (AvgIpc) is 2.28. The maximum atomic E-state index is 11.9. The number of aryl methyl sites for hydroxylation is 1. The van der Waals surface area contributed by atoms with Crippen molar-refractivity contribution in [2.45, 2.75) is 19.9 Å². The summed E-state index contributed by atoms with van der Waals surface area (Å²) in [5, 5.41) is 9.36. The summed E-state index contributed by atoms with van der Waals surface area (Å²) in [6.07, 6.45) is 0. The van der Waals surface area contributed by atoms with Crippen LogP contribution < -0.4 is 5.56 Å². The zero-order chi connectivity index (χ0) is 12.4. The summed E-state index contributed by atoms with van der Waals surface area (Å²) in [5.74, 6) is 0.0176. The Balaban J connectivity index is 2.52. The lowest BCUT2D eigenvalue weighted by Gasteiger charge is -2.18. The van der Waals surface area contributed by atoms with E-state index < -0.39 is 0 Å². The number of hydrogen-bond donors (Lipinski definition) is 1. The van der Waals surface area contributed by atoms with Crippen LogP contribution in [0.25, 0.3) is 0 Å². The Hall–Kier alpha value is -2.03. The highest BCUT2D eigenvalue weighted by Crippen LogP contribution is 2.18. The minimum atomic E-state index is -0.182. The number of benzene rings is 1. The van der Waals surface area contributed by atoms with Crippen molar-refractivity contribution in [3.8, 4) is 5.75 Å². The van der Waals surface area contributed by atoms with Crippen LogP contribution in [0.4, 0.5) is 0 Å². The molecule has 17 heavy (non-hydrogen) atoms. The molecular formula is C14H15NO2. The second kappa shape index (κ2) is 4.45. The molecule has 3 nitrogen and oxygen atoms in total. The lowest BCUT2D eigenvalue weighted by Crippen LogP contribution is -2.24. The molecule has 3 heteroatoms. The van der Waals surface area contributed by atoms with Crippen molar-refractivity contribution in [1.82, 2.24) is 4.57 Å². The number of pyridine rings is 1. The highest BCUT2D eigenvalue weighted by atomic mass is 16.3. The molecule has 0 saturated heterocycles. The van der Waals surface area contributed by atoms with E-state index in [4.69, 9.17) is 0 Å². The molecule has 1 aromatic carbocycles. The molecule has 0 amide bonds. The first kappa shape index (κ1) is 11.5. The number of nitrogens with zero attached hydrogens (tertiary/aromatic N) is 1. The molecule has 2 rings (SSSR count). The van der Waals surface area contributed by atoms with Crippen LogP contribution in [0.1, 0.15) is 24.2 Å². The van der Waals surface area contributed by atoms with Crippen molar-refractivity contribution >= 4 is 0 Å². The van der Waals surface area contributed by atoms with Crippen LogP contribution in [-0.4, -0.2) is 9.67 Å². The molecule has 0 aliphatic carbocycles. The van der Waals surface area contributed by atoms with Gasteiger partial charge < -0.3 is 9.67 Å². The van der Waals surface area contributed by atoms with Crippen molar-refractivity contribution in [3.05, 3.63) is 64.1 Å². The van der Waals surface area contributed by atoms with E-state index in [2.05, 4.69) is 0 Å². The Morgan fingerprint density at radius 3 is 2.41 bits per heavy atom. The number of aromatic nitrogens is 1. The van der Waals surface area contributed by atoms with E-state index >= 15 is 0 Å². The number of hydrogen-bond acceptors (Lipinski definition) is 2. The second-order valence-electron chi connectivity index (χ2n) is 4.15. The maximum Gasteiger partial charge on any atom is 0.254 e. The Labute approximate surface area is 100.0 Å². The summed E-state index contributed by atoms with van der Waals surface area (Å²) in [6, 6.07) is 12.6. The molecule has 1 aromatic heterocycles. The van der Waals surface area contributed by atoms with Crippen molar-refractivity contribution in [3.63, 3.8) is 0 Å². The third-order valence-electron chi connectivity index (χ3n) is 2.91. The number of aromatic hydroxyl groups is 1. The van der Waals surface area contributed by atoms with Gasteiger partial charge in [-0.2, -0.15) is 0 Å². The van der Waals surface area contributed by atoms with Crippen molar-refractivity contribution in [1.29, 1.82) is 0 Å². The van der Waals surface area contributed by atoms with E-state index in [1.807, 2.05) is 44.2 Å². The molecule has 2 aromatic rings. The first-order valence-electron chi connectivity index (χ1n) is 5.56. The van der Waals surface area contributed by atoms with Gasteiger partial charge in [-0.1, -0.05) is 30.3 Å². The molecule has 0 saturated carbocycles. The van der Waals surface area contributed by atoms with Gasteiger partial charge in [0, 0.05) is 11.8 Å². The van der Waals surface area contributed by atoms with Crippen molar-refractivity contribution in [2.75, 3.05) is 0 Å². The fourth-order valence-electron chi connectivity index (χ4n) is 2.07. The molecule has 0 radical (unpaired) electrons. The molecule has 1 unspecified atom stereocenters. The maximum absolute atomic E-state index is 11.9. The van der Waals surface area contributed by atoms with Crippen LogP contribution in [0, 0.1) is 6.92 Å². The van der Waals surface area contributed by atoms with E-state index in [9.17, 15) is 9.90 Å². The Bertz CT molecular complexity index is 573. The largest absolute Gasteiger partial charge is 0.508 e. The van der Waals surface area contributed by atoms with Gasteiger partial charge in [0.2, 0.25) is 0 Å². The van der Waals surface area contributed by atoms with Gasteiger partial charge in [0.15, 0.2) is 0 Å². The fourth-order valence-corrected chi connectivity index (χ4v) is 2.07. The molecule has 1 heterocycles. The average molecular weight is 229 g/mol. The van der Waals surface area contributed by atoms with E-state index in [0.717, 1.165) is 11.3 Å². The third-order valence-corrected chi connectivity index (χ3v) is 2.91. The van der Waals surface area contributed by atoms with Crippen LogP contribution in [0.15, 0.2) is 47.3 Å². The standard InChI is InChI=1S/C14H15NO2/c1-10-8-13(16)9-14(17)15(10)11(2)12-6-4-3-5-7-12/h3-9,11,16H,1-2H3. The lowest BCUT2D eigenvalue weighted by molar-refractivity contribution is 0.467. The summed E-state index contributed by atoms with van der Waals surface area (Å²) in [4.78, 5) is 11.9. The van der Waals surface area contributed by atoms with Gasteiger partial charge in [0.05, 0.1) is 6.04 Å². The van der Waals surface area contributed by atoms with E-state index in [1.54, 1.807) is 10.6 Å². The molecule has 1 N–H and O–H groups in total. The zero-order valence-electron chi connectivity index (χ0n) is 9.92. The quantitative estimate of drug-likeness (QED) is 0.859. The monoisotopic (exact) mass is 229 g/mol. The molecule has 1 atom stereocenters. The Morgan fingerprint density at radius 2 is 1.82 bits per heavy atom. The lowest BCUT2D eigenvalue weighted by atomic mass is 10.1. The van der Waals surface area contributed by atoms with Crippen molar-refractivity contribution < 1.29 is 5.11 Å². The summed E-state index contributed by atoms with van der Waals surface area (Å²) >= 11 is 0. The Morgan fingerprint density at radius 1 is 1.18 bits per heavy atom. The van der Waals surface area contributed by atoms with Gasteiger partial charge >= 0.3 is 0 Å². The predicted octanol–water partition coefficient (Wildman–Crippen LogP) is 2.47. The van der Waals surface area contributed by atoms with E-state index in [0.29, 0.717) is 0 Å². The predicted molar refractivity (Wildman–Crippen MR) is 67.4 cm³/mol. The van der Waals surface area contributed by atoms with Gasteiger partial charge in [-0.05, 0) is 25.5 Å². The third kappa shape index (κ3) is 2.23. The summed E-state index contributed by atoms with van der Waals surface area (Å²) < 4.78 is 1.68. The first-order chi connectivity index (χ1) is 8.09. The number of rotatable bonds is 2. The van der Waals surface area contributed by atoms with Crippen LogP contribution in [0.5, 0.6) is 5.75 Å². The smallest absolute Gasteiger partial charge is 0.254 e. The molecule has 0 spiro atoms. The SMILES string of the molecule is Cc1cc(O)cc(=O)n1C(C)c1ccccc1. The van der Waals surface area contributed by atoms with E-state index in [1.165, 1.54) is 6.07 Å². The van der Waals surface area contributed by atoms with Crippen LogP contribution in [0.2, 0.25) is 0 Å². The second-order valence-corrected chi connectivity index (χ2v) is 4.15. The van der Waals surface area contributed by atoms with Gasteiger partial charge in [0.1, 0.15) is 5.75 Å². The highest BCUT2D eigenvalue weighted by molar-refractivity contribution is 5.25. The molecular weight excluding hydrogens is 214 g/mol. The molecule has 0 fully saturated rings. The molecule has 0 aliphatic rings. The summed E-state index contributed by atoms with van der Waals surface area (Å²) in [5.41, 5.74) is 1.65. The zero-order valence-corrected chi connectivity index (χ0v) is 9.92. The van der Waals surface area contributed by atoms with Gasteiger partial charge in [-0.25, -0.2) is 0 Å². The van der Waals surface area contributed by atoms with Gasteiger partial charge in [-0.15, -0.1) is 0 Å². The fraction of sp³-hybridized carbons (Fsp3) is 0.214.